The highest BCUT2D eigenvalue weighted by molar-refractivity contribution is 7.20. The van der Waals surface area contributed by atoms with Crippen molar-refractivity contribution in [3.8, 4) is 10.4 Å². The average Bonchev–Trinajstić information content (AvgIpc) is 3.09. The summed E-state index contributed by atoms with van der Waals surface area (Å²) < 4.78 is 1.00. The van der Waals surface area contributed by atoms with E-state index >= 15 is 0 Å². The molecule has 148 valence electrons. The van der Waals surface area contributed by atoms with Crippen LogP contribution in [-0.4, -0.2) is 21.3 Å². The molecule has 0 bridgehead atoms. The summed E-state index contributed by atoms with van der Waals surface area (Å²) in [5, 5.41) is 13.8. The predicted octanol–water partition coefficient (Wildman–Crippen LogP) is 2.53. The third-order valence-corrected chi connectivity index (χ3v) is 5.28. The van der Waals surface area contributed by atoms with Crippen molar-refractivity contribution in [1.29, 1.82) is 0 Å². The lowest BCUT2D eigenvalue weighted by molar-refractivity contribution is -0.386. The summed E-state index contributed by atoms with van der Waals surface area (Å²) >= 11 is 1.17. The number of aromatic nitrogens is 1. The molecular weight excluding hydrogens is 396 g/mol. The monoisotopic (exact) mass is 412 g/mol. The van der Waals surface area contributed by atoms with Gasteiger partial charge in [0.15, 0.2) is 0 Å². The first-order chi connectivity index (χ1) is 13.8. The van der Waals surface area contributed by atoms with Gasteiger partial charge < -0.3 is 11.1 Å². The lowest BCUT2D eigenvalue weighted by Gasteiger charge is -2.10. The van der Waals surface area contributed by atoms with E-state index in [-0.39, 0.29) is 10.6 Å². The Labute approximate surface area is 168 Å². The van der Waals surface area contributed by atoms with Crippen molar-refractivity contribution in [2.24, 2.45) is 5.73 Å². The number of rotatable bonds is 6. The molecule has 0 fully saturated rings. The number of nitrogens with two attached hydrogens (primary N) is 1. The van der Waals surface area contributed by atoms with Crippen LogP contribution in [0, 0.1) is 17.0 Å². The van der Waals surface area contributed by atoms with E-state index in [4.69, 9.17) is 5.73 Å². The number of nitro groups is 1. The largest absolute Gasteiger partial charge is 0.366 e. The molecule has 2 heterocycles. The van der Waals surface area contributed by atoms with E-state index in [0.717, 1.165) is 21.1 Å². The number of anilines is 1. The van der Waals surface area contributed by atoms with Gasteiger partial charge >= 0.3 is 11.2 Å². The van der Waals surface area contributed by atoms with Gasteiger partial charge in [0.25, 0.3) is 5.91 Å². The first-order valence-electron chi connectivity index (χ1n) is 8.41. The highest BCUT2D eigenvalue weighted by Gasteiger charge is 2.20. The Hall–Kier alpha value is -3.79. The molecular formula is C19H16N4O5S. The quantitative estimate of drug-likeness (QED) is 0.473. The van der Waals surface area contributed by atoms with E-state index in [9.17, 15) is 24.5 Å². The van der Waals surface area contributed by atoms with Crippen molar-refractivity contribution in [2.45, 2.75) is 13.5 Å². The fourth-order valence-electron chi connectivity index (χ4n) is 2.72. The summed E-state index contributed by atoms with van der Waals surface area (Å²) in [4.78, 5) is 47.4. The van der Waals surface area contributed by atoms with Crippen LogP contribution < -0.4 is 16.6 Å². The molecule has 0 unspecified atom stereocenters. The zero-order valence-corrected chi connectivity index (χ0v) is 16.1. The third-order valence-electron chi connectivity index (χ3n) is 4.18. The molecule has 0 saturated heterocycles. The summed E-state index contributed by atoms with van der Waals surface area (Å²) in [6.07, 6.45) is 0. The number of hydrogen-bond donors (Lipinski definition) is 2. The van der Waals surface area contributed by atoms with Crippen molar-refractivity contribution < 1.29 is 14.5 Å². The normalized spacial score (nSPS) is 10.5. The molecule has 0 aliphatic heterocycles. The standard InChI is InChI=1S/C19H16N4O5S/c1-11-7-8-14(23(27)28)19(26)22(11)10-16(24)21-18-13(17(20)25)9-15(29-18)12-5-3-2-4-6-12/h2-9H,10H2,1H3,(H2,20,25)(H,21,24). The van der Waals surface area contributed by atoms with Crippen LogP contribution in [0.4, 0.5) is 10.7 Å². The van der Waals surface area contributed by atoms with Crippen molar-refractivity contribution in [3.63, 3.8) is 0 Å². The van der Waals surface area contributed by atoms with Crippen molar-refractivity contribution in [2.75, 3.05) is 5.32 Å². The zero-order chi connectivity index (χ0) is 21.1. The van der Waals surface area contributed by atoms with Crippen molar-refractivity contribution in [3.05, 3.63) is 80.3 Å². The number of carbonyl (C=O) groups is 2. The number of thiophene rings is 1. The Morgan fingerprint density at radius 3 is 2.52 bits per heavy atom. The number of nitrogens with zero attached hydrogens (tertiary/aromatic N) is 2. The van der Waals surface area contributed by atoms with Gasteiger partial charge in [-0.2, -0.15) is 0 Å². The molecule has 1 aromatic carbocycles. The van der Waals surface area contributed by atoms with Gasteiger partial charge in [0.1, 0.15) is 11.5 Å². The topological polar surface area (TPSA) is 137 Å². The van der Waals surface area contributed by atoms with Crippen LogP contribution in [0.15, 0.2) is 53.3 Å². The number of aryl methyl sites for hydroxylation is 1. The van der Waals surface area contributed by atoms with E-state index < -0.39 is 34.5 Å². The second-order valence-corrected chi connectivity index (χ2v) is 7.19. The van der Waals surface area contributed by atoms with Gasteiger partial charge in [-0.1, -0.05) is 30.3 Å². The number of nitrogens with one attached hydrogen (secondary N) is 1. The minimum absolute atomic E-state index is 0.144. The molecule has 0 spiro atoms. The van der Waals surface area contributed by atoms with Gasteiger partial charge in [-0.3, -0.25) is 29.1 Å². The van der Waals surface area contributed by atoms with Gasteiger partial charge in [0.2, 0.25) is 5.91 Å². The zero-order valence-electron chi connectivity index (χ0n) is 15.2. The van der Waals surface area contributed by atoms with Crippen LogP contribution in [0.3, 0.4) is 0 Å². The van der Waals surface area contributed by atoms with Gasteiger partial charge in [-0.15, -0.1) is 11.3 Å². The molecule has 0 aliphatic rings. The van der Waals surface area contributed by atoms with Crippen LogP contribution in [0.2, 0.25) is 0 Å². The Morgan fingerprint density at radius 1 is 1.21 bits per heavy atom. The van der Waals surface area contributed by atoms with E-state index in [0.29, 0.717) is 5.69 Å². The van der Waals surface area contributed by atoms with Gasteiger partial charge in [-0.05, 0) is 24.6 Å². The SMILES string of the molecule is Cc1ccc([N+](=O)[O-])c(=O)n1CC(=O)Nc1sc(-c2ccccc2)cc1C(N)=O. The molecule has 3 rings (SSSR count). The van der Waals surface area contributed by atoms with Gasteiger partial charge in [0, 0.05) is 16.6 Å². The maximum atomic E-state index is 12.5. The molecule has 3 aromatic rings. The van der Waals surface area contributed by atoms with Crippen LogP contribution >= 0.6 is 11.3 Å². The van der Waals surface area contributed by atoms with Crippen LogP contribution in [-0.2, 0) is 11.3 Å². The number of pyridine rings is 1. The fraction of sp³-hybridized carbons (Fsp3) is 0.105. The lowest BCUT2D eigenvalue weighted by atomic mass is 10.1. The summed E-state index contributed by atoms with van der Waals surface area (Å²) in [6.45, 7) is 1.12. The maximum absolute atomic E-state index is 12.5. The Morgan fingerprint density at radius 2 is 1.90 bits per heavy atom. The summed E-state index contributed by atoms with van der Waals surface area (Å²) in [5.74, 6) is -1.32. The molecule has 0 aliphatic carbocycles. The average molecular weight is 412 g/mol. The van der Waals surface area contributed by atoms with Crippen LogP contribution in [0.1, 0.15) is 16.1 Å². The fourth-order valence-corrected chi connectivity index (χ4v) is 3.80. The van der Waals surface area contributed by atoms with E-state index in [1.165, 1.54) is 17.4 Å². The highest BCUT2D eigenvalue weighted by atomic mass is 32.1. The summed E-state index contributed by atoms with van der Waals surface area (Å²) in [7, 11) is 0. The van der Waals surface area contributed by atoms with E-state index in [1.54, 1.807) is 13.0 Å². The second-order valence-electron chi connectivity index (χ2n) is 6.14. The Kier molecular flexibility index (Phi) is 5.55. The molecule has 0 atom stereocenters. The van der Waals surface area contributed by atoms with Gasteiger partial charge in [-0.25, -0.2) is 0 Å². The number of carbonyl (C=O) groups excluding carboxylic acids is 2. The molecule has 2 amide bonds. The highest BCUT2D eigenvalue weighted by Crippen LogP contribution is 2.35. The first-order valence-corrected chi connectivity index (χ1v) is 9.23. The smallest absolute Gasteiger partial charge is 0.334 e. The van der Waals surface area contributed by atoms with Gasteiger partial charge in [0.05, 0.1) is 10.5 Å². The van der Waals surface area contributed by atoms with Crippen LogP contribution in [0.5, 0.6) is 0 Å². The molecule has 9 nitrogen and oxygen atoms in total. The van der Waals surface area contributed by atoms with E-state index in [1.807, 2.05) is 30.3 Å². The third kappa shape index (κ3) is 4.22. The molecule has 29 heavy (non-hydrogen) atoms. The number of amides is 2. The number of hydrogen-bond acceptors (Lipinski definition) is 6. The first kappa shape index (κ1) is 20.0. The Bertz CT molecular complexity index is 1170. The number of primary amides is 1. The molecule has 10 heteroatoms. The minimum Gasteiger partial charge on any atom is -0.366 e. The molecule has 0 radical (unpaired) electrons. The molecule has 2 aromatic heterocycles. The van der Waals surface area contributed by atoms with E-state index in [2.05, 4.69) is 5.32 Å². The summed E-state index contributed by atoms with van der Waals surface area (Å²) in [5.41, 5.74) is 5.31. The minimum atomic E-state index is -0.878. The molecule has 3 N–H and O–H groups in total. The Balaban J connectivity index is 1.89. The summed E-state index contributed by atoms with van der Waals surface area (Å²) in [6, 6.07) is 13.3. The second kappa shape index (κ2) is 8.07. The predicted molar refractivity (Wildman–Crippen MR) is 109 cm³/mol. The van der Waals surface area contributed by atoms with Crippen molar-refractivity contribution in [1.82, 2.24) is 4.57 Å². The van der Waals surface area contributed by atoms with Crippen molar-refractivity contribution >= 4 is 33.8 Å². The number of benzene rings is 1. The molecule has 0 saturated carbocycles. The lowest BCUT2D eigenvalue weighted by Crippen LogP contribution is -2.30. The van der Waals surface area contributed by atoms with Crippen LogP contribution in [0.25, 0.3) is 10.4 Å². The maximum Gasteiger partial charge on any atom is 0.334 e.